The maximum atomic E-state index is 5.69. The summed E-state index contributed by atoms with van der Waals surface area (Å²) in [5.41, 5.74) is 5.69. The van der Waals surface area contributed by atoms with E-state index in [-0.39, 0.29) is 0 Å². The molecule has 1 fully saturated rings. The molecule has 13 heavy (non-hydrogen) atoms. The van der Waals surface area contributed by atoms with Gasteiger partial charge in [-0.05, 0) is 12.8 Å². The molecule has 0 atom stereocenters. The fraction of sp³-hybridized carbons (Fsp3) is 0.889. The molecule has 0 aromatic rings. The summed E-state index contributed by atoms with van der Waals surface area (Å²) in [6.07, 6.45) is 2.42. The number of hydrogen-bond acceptors (Lipinski definition) is 3. The molecule has 0 spiro atoms. The Morgan fingerprint density at radius 3 is 2.77 bits per heavy atom. The van der Waals surface area contributed by atoms with Gasteiger partial charge in [-0.15, -0.1) is 0 Å². The Labute approximate surface area is 79.1 Å². The summed E-state index contributed by atoms with van der Waals surface area (Å²) in [7, 11) is 1.66. The first-order valence-electron chi connectivity index (χ1n) is 4.71. The maximum absolute atomic E-state index is 5.69. The van der Waals surface area contributed by atoms with E-state index in [4.69, 9.17) is 15.2 Å². The van der Waals surface area contributed by atoms with Gasteiger partial charge in [-0.3, -0.25) is 4.99 Å². The van der Waals surface area contributed by atoms with Gasteiger partial charge in [0, 0.05) is 13.0 Å². The SMILES string of the molecule is COCCOCCN=C(N)C1CC1. The zero-order valence-electron chi connectivity index (χ0n) is 8.16. The summed E-state index contributed by atoms with van der Waals surface area (Å²) in [4.78, 5) is 4.21. The molecule has 1 rings (SSSR count). The highest BCUT2D eigenvalue weighted by atomic mass is 16.5. The number of ether oxygens (including phenoxy) is 2. The van der Waals surface area contributed by atoms with E-state index in [1.54, 1.807) is 7.11 Å². The van der Waals surface area contributed by atoms with E-state index in [1.807, 2.05) is 0 Å². The Bertz CT molecular complexity index is 167. The van der Waals surface area contributed by atoms with E-state index >= 15 is 0 Å². The minimum Gasteiger partial charge on any atom is -0.387 e. The van der Waals surface area contributed by atoms with Crippen LogP contribution in [0.15, 0.2) is 4.99 Å². The van der Waals surface area contributed by atoms with Crippen molar-refractivity contribution >= 4 is 5.84 Å². The number of nitrogens with two attached hydrogens (primary N) is 1. The minimum absolute atomic E-state index is 0.568. The van der Waals surface area contributed by atoms with Gasteiger partial charge in [0.15, 0.2) is 0 Å². The quantitative estimate of drug-likeness (QED) is 0.356. The summed E-state index contributed by atoms with van der Waals surface area (Å²) in [6, 6.07) is 0. The van der Waals surface area contributed by atoms with E-state index in [9.17, 15) is 0 Å². The zero-order valence-corrected chi connectivity index (χ0v) is 8.16. The van der Waals surface area contributed by atoms with E-state index < -0.39 is 0 Å². The van der Waals surface area contributed by atoms with Crippen LogP contribution in [0.1, 0.15) is 12.8 Å². The first-order valence-corrected chi connectivity index (χ1v) is 4.71. The molecular formula is C9H18N2O2. The fourth-order valence-corrected chi connectivity index (χ4v) is 0.992. The van der Waals surface area contributed by atoms with Crippen LogP contribution in [0, 0.1) is 5.92 Å². The van der Waals surface area contributed by atoms with Crippen LogP contribution in [0.5, 0.6) is 0 Å². The van der Waals surface area contributed by atoms with Crippen LogP contribution in [0.25, 0.3) is 0 Å². The highest BCUT2D eigenvalue weighted by Gasteiger charge is 2.24. The van der Waals surface area contributed by atoms with Crippen LogP contribution < -0.4 is 5.73 Å². The first-order chi connectivity index (χ1) is 6.34. The Hall–Kier alpha value is -0.610. The van der Waals surface area contributed by atoms with Crippen molar-refractivity contribution in [2.75, 3.05) is 33.5 Å². The lowest BCUT2D eigenvalue weighted by Crippen LogP contribution is -2.15. The van der Waals surface area contributed by atoms with Gasteiger partial charge in [0.1, 0.15) is 0 Å². The van der Waals surface area contributed by atoms with Gasteiger partial charge >= 0.3 is 0 Å². The lowest BCUT2D eigenvalue weighted by atomic mass is 10.4. The summed E-state index contributed by atoms with van der Waals surface area (Å²) in [5.74, 6) is 1.37. The van der Waals surface area contributed by atoms with Crippen LogP contribution in [0.2, 0.25) is 0 Å². The fourth-order valence-electron chi connectivity index (χ4n) is 0.992. The van der Waals surface area contributed by atoms with Crippen molar-refractivity contribution < 1.29 is 9.47 Å². The topological polar surface area (TPSA) is 56.8 Å². The average Bonchev–Trinajstić information content (AvgIpc) is 2.93. The molecule has 1 aliphatic rings. The smallest absolute Gasteiger partial charge is 0.0969 e. The van der Waals surface area contributed by atoms with Crippen molar-refractivity contribution in [1.82, 2.24) is 0 Å². The van der Waals surface area contributed by atoms with E-state index in [0.717, 1.165) is 5.84 Å². The Kier molecular flexibility index (Phi) is 4.78. The van der Waals surface area contributed by atoms with E-state index in [0.29, 0.717) is 32.3 Å². The lowest BCUT2D eigenvalue weighted by molar-refractivity contribution is 0.0748. The molecule has 4 nitrogen and oxygen atoms in total. The molecule has 1 saturated carbocycles. The Balaban J connectivity index is 1.90. The molecule has 0 aromatic carbocycles. The number of nitrogens with zero attached hydrogens (tertiary/aromatic N) is 1. The number of amidine groups is 1. The van der Waals surface area contributed by atoms with Crippen LogP contribution >= 0.6 is 0 Å². The molecular weight excluding hydrogens is 168 g/mol. The Morgan fingerprint density at radius 2 is 2.15 bits per heavy atom. The summed E-state index contributed by atoms with van der Waals surface area (Å²) in [6.45, 7) is 2.58. The average molecular weight is 186 g/mol. The zero-order chi connectivity index (χ0) is 9.52. The lowest BCUT2D eigenvalue weighted by Gasteiger charge is -2.01. The van der Waals surface area contributed by atoms with Gasteiger partial charge in [0.25, 0.3) is 0 Å². The van der Waals surface area contributed by atoms with E-state index in [2.05, 4.69) is 4.99 Å². The largest absolute Gasteiger partial charge is 0.387 e. The standard InChI is InChI=1S/C9H18N2O2/c1-12-6-7-13-5-4-11-9(10)8-2-3-8/h8H,2-7H2,1H3,(H2,10,11). The molecule has 1 aliphatic carbocycles. The number of rotatable bonds is 7. The summed E-state index contributed by atoms with van der Waals surface area (Å²) >= 11 is 0. The summed E-state index contributed by atoms with van der Waals surface area (Å²) in [5, 5.41) is 0. The first kappa shape index (κ1) is 10.5. The van der Waals surface area contributed by atoms with E-state index in [1.165, 1.54) is 12.8 Å². The van der Waals surface area contributed by atoms with Crippen LogP contribution in [-0.2, 0) is 9.47 Å². The van der Waals surface area contributed by atoms with Gasteiger partial charge in [-0.25, -0.2) is 0 Å². The Morgan fingerprint density at radius 1 is 1.38 bits per heavy atom. The van der Waals surface area contributed by atoms with Crippen molar-refractivity contribution in [1.29, 1.82) is 0 Å². The molecule has 0 saturated heterocycles. The van der Waals surface area contributed by atoms with Crippen molar-refractivity contribution in [2.24, 2.45) is 16.6 Å². The molecule has 0 amide bonds. The molecule has 0 unspecified atom stereocenters. The van der Waals surface area contributed by atoms with Crippen molar-refractivity contribution in [3.8, 4) is 0 Å². The monoisotopic (exact) mass is 186 g/mol. The normalized spacial score (nSPS) is 17.8. The second-order valence-corrected chi connectivity index (χ2v) is 3.19. The highest BCUT2D eigenvalue weighted by molar-refractivity contribution is 5.84. The molecule has 76 valence electrons. The number of methoxy groups -OCH3 is 1. The van der Waals surface area contributed by atoms with Crippen LogP contribution in [-0.4, -0.2) is 39.3 Å². The second kappa shape index (κ2) is 5.94. The molecule has 0 aliphatic heterocycles. The maximum Gasteiger partial charge on any atom is 0.0969 e. The third-order valence-corrected chi connectivity index (χ3v) is 1.96. The molecule has 2 N–H and O–H groups in total. The van der Waals surface area contributed by atoms with Gasteiger partial charge in [0.05, 0.1) is 32.2 Å². The van der Waals surface area contributed by atoms with Crippen LogP contribution in [0.4, 0.5) is 0 Å². The predicted molar refractivity (Wildman–Crippen MR) is 51.9 cm³/mol. The van der Waals surface area contributed by atoms with Gasteiger partial charge in [0.2, 0.25) is 0 Å². The molecule has 0 radical (unpaired) electrons. The van der Waals surface area contributed by atoms with Gasteiger partial charge in [-0.2, -0.15) is 0 Å². The molecule has 0 aromatic heterocycles. The second-order valence-electron chi connectivity index (χ2n) is 3.19. The molecule has 4 heteroatoms. The third kappa shape index (κ3) is 4.85. The van der Waals surface area contributed by atoms with Gasteiger partial charge < -0.3 is 15.2 Å². The third-order valence-electron chi connectivity index (χ3n) is 1.96. The number of aliphatic imine (C=N–C) groups is 1. The minimum atomic E-state index is 0.568. The highest BCUT2D eigenvalue weighted by Crippen LogP contribution is 2.28. The van der Waals surface area contributed by atoms with Crippen LogP contribution in [0.3, 0.4) is 0 Å². The predicted octanol–water partition coefficient (Wildman–Crippen LogP) is 0.417. The van der Waals surface area contributed by atoms with Crippen molar-refractivity contribution in [2.45, 2.75) is 12.8 Å². The van der Waals surface area contributed by atoms with Crippen molar-refractivity contribution in [3.05, 3.63) is 0 Å². The van der Waals surface area contributed by atoms with Gasteiger partial charge in [-0.1, -0.05) is 0 Å². The molecule has 0 bridgehead atoms. The number of hydrogen-bond donors (Lipinski definition) is 1. The summed E-state index contributed by atoms with van der Waals surface area (Å²) < 4.78 is 10.1. The molecule has 0 heterocycles. The van der Waals surface area contributed by atoms with Crippen molar-refractivity contribution in [3.63, 3.8) is 0 Å².